The van der Waals surface area contributed by atoms with Crippen LogP contribution in [0.2, 0.25) is 0 Å². The van der Waals surface area contributed by atoms with Gasteiger partial charge in [0.25, 0.3) is 0 Å². The summed E-state index contributed by atoms with van der Waals surface area (Å²) in [6, 6.07) is 4.18. The predicted molar refractivity (Wildman–Crippen MR) is 82.3 cm³/mol. The number of rotatable bonds is 4. The van der Waals surface area contributed by atoms with Gasteiger partial charge in [-0.15, -0.1) is 0 Å². The molecule has 4 nitrogen and oxygen atoms in total. The van der Waals surface area contributed by atoms with Crippen LogP contribution >= 0.6 is 0 Å². The molecule has 1 saturated heterocycles. The molecule has 4 heteroatoms. The maximum Gasteiger partial charge on any atom is 0.126 e. The van der Waals surface area contributed by atoms with E-state index in [9.17, 15) is 0 Å². The SMILES string of the molecule is Nc1ncccc1CC(N)C1(N2CCCC2)CCCC1. The molecule has 0 amide bonds. The lowest BCUT2D eigenvalue weighted by Crippen LogP contribution is -2.58. The Balaban J connectivity index is 1.79. The van der Waals surface area contributed by atoms with Crippen LogP contribution in [0.25, 0.3) is 0 Å². The first-order valence-corrected chi connectivity index (χ1v) is 7.92. The summed E-state index contributed by atoms with van der Waals surface area (Å²) in [6.45, 7) is 2.44. The molecule has 2 aliphatic rings. The third kappa shape index (κ3) is 2.42. The molecule has 110 valence electrons. The highest BCUT2D eigenvalue weighted by Crippen LogP contribution is 2.40. The van der Waals surface area contributed by atoms with E-state index in [0.717, 1.165) is 12.0 Å². The summed E-state index contributed by atoms with van der Waals surface area (Å²) in [7, 11) is 0. The lowest BCUT2D eigenvalue weighted by Gasteiger charge is -2.43. The van der Waals surface area contributed by atoms with Crippen molar-refractivity contribution >= 4 is 5.82 Å². The van der Waals surface area contributed by atoms with Gasteiger partial charge >= 0.3 is 0 Å². The van der Waals surface area contributed by atoms with Crippen molar-refractivity contribution in [3.05, 3.63) is 23.9 Å². The van der Waals surface area contributed by atoms with Crippen molar-refractivity contribution in [2.45, 2.75) is 56.5 Å². The molecule has 1 aromatic heterocycles. The summed E-state index contributed by atoms with van der Waals surface area (Å²) in [4.78, 5) is 6.85. The molecule has 2 heterocycles. The monoisotopic (exact) mass is 274 g/mol. The summed E-state index contributed by atoms with van der Waals surface area (Å²) in [5.41, 5.74) is 14.0. The molecule has 0 radical (unpaired) electrons. The molecule has 0 aromatic carbocycles. The highest BCUT2D eigenvalue weighted by atomic mass is 15.2. The van der Waals surface area contributed by atoms with Gasteiger partial charge < -0.3 is 11.5 Å². The summed E-state index contributed by atoms with van der Waals surface area (Å²) in [6.07, 6.45) is 10.3. The average molecular weight is 274 g/mol. The topological polar surface area (TPSA) is 68.2 Å². The highest BCUT2D eigenvalue weighted by molar-refractivity contribution is 5.39. The van der Waals surface area contributed by atoms with E-state index in [2.05, 4.69) is 16.0 Å². The molecule has 1 unspecified atom stereocenters. The van der Waals surface area contributed by atoms with Crippen molar-refractivity contribution in [3.63, 3.8) is 0 Å². The molecule has 2 fully saturated rings. The second kappa shape index (κ2) is 5.70. The number of nitrogen functional groups attached to an aromatic ring is 1. The number of aromatic nitrogens is 1. The lowest BCUT2D eigenvalue weighted by molar-refractivity contribution is 0.0922. The summed E-state index contributed by atoms with van der Waals surface area (Å²) in [5.74, 6) is 0.637. The first-order valence-electron chi connectivity index (χ1n) is 7.92. The number of hydrogen-bond acceptors (Lipinski definition) is 4. The van der Waals surface area contributed by atoms with Crippen molar-refractivity contribution in [1.29, 1.82) is 0 Å². The maximum atomic E-state index is 6.67. The van der Waals surface area contributed by atoms with E-state index in [0.29, 0.717) is 5.82 Å². The zero-order valence-corrected chi connectivity index (χ0v) is 12.2. The van der Waals surface area contributed by atoms with Gasteiger partial charge in [-0.1, -0.05) is 18.9 Å². The molecule has 1 saturated carbocycles. The number of hydrogen-bond donors (Lipinski definition) is 2. The number of nitrogens with two attached hydrogens (primary N) is 2. The molecule has 4 N–H and O–H groups in total. The largest absolute Gasteiger partial charge is 0.383 e. The zero-order valence-electron chi connectivity index (χ0n) is 12.2. The predicted octanol–water partition coefficient (Wildman–Crippen LogP) is 1.94. The van der Waals surface area contributed by atoms with Gasteiger partial charge in [0, 0.05) is 17.8 Å². The Hall–Kier alpha value is -1.13. The number of nitrogens with zero attached hydrogens (tertiary/aromatic N) is 2. The van der Waals surface area contributed by atoms with Crippen molar-refractivity contribution in [2.24, 2.45) is 5.73 Å². The van der Waals surface area contributed by atoms with Gasteiger partial charge in [-0.2, -0.15) is 0 Å². The molecule has 1 aliphatic carbocycles. The smallest absolute Gasteiger partial charge is 0.126 e. The third-order valence-corrected chi connectivity index (χ3v) is 5.26. The van der Waals surface area contributed by atoms with Crippen LogP contribution < -0.4 is 11.5 Å². The second-order valence-electron chi connectivity index (χ2n) is 6.36. The summed E-state index contributed by atoms with van der Waals surface area (Å²) >= 11 is 0. The number of likely N-dealkylation sites (tertiary alicyclic amines) is 1. The van der Waals surface area contributed by atoms with Gasteiger partial charge in [-0.25, -0.2) is 4.98 Å². The molecule has 1 aromatic rings. The molecule has 20 heavy (non-hydrogen) atoms. The Bertz CT molecular complexity index is 448. The molecule has 0 bridgehead atoms. The van der Waals surface area contributed by atoms with Crippen LogP contribution in [0.3, 0.4) is 0 Å². The Kier molecular flexibility index (Phi) is 3.94. The molecular weight excluding hydrogens is 248 g/mol. The van der Waals surface area contributed by atoms with Crippen molar-refractivity contribution in [2.75, 3.05) is 18.8 Å². The van der Waals surface area contributed by atoms with Gasteiger partial charge in [0.05, 0.1) is 0 Å². The summed E-state index contributed by atoms with van der Waals surface area (Å²) in [5, 5.41) is 0. The Morgan fingerprint density at radius 2 is 1.90 bits per heavy atom. The second-order valence-corrected chi connectivity index (χ2v) is 6.36. The van der Waals surface area contributed by atoms with Gasteiger partial charge in [-0.3, -0.25) is 4.90 Å². The summed E-state index contributed by atoms with van der Waals surface area (Å²) < 4.78 is 0. The van der Waals surface area contributed by atoms with Crippen LogP contribution in [-0.4, -0.2) is 34.6 Å². The van der Waals surface area contributed by atoms with E-state index in [1.807, 2.05) is 6.07 Å². The van der Waals surface area contributed by atoms with Gasteiger partial charge in [0.15, 0.2) is 0 Å². The Labute approximate surface area is 121 Å². The van der Waals surface area contributed by atoms with E-state index in [-0.39, 0.29) is 11.6 Å². The van der Waals surface area contributed by atoms with E-state index in [4.69, 9.17) is 11.5 Å². The number of anilines is 1. The Morgan fingerprint density at radius 3 is 2.55 bits per heavy atom. The minimum Gasteiger partial charge on any atom is -0.383 e. The van der Waals surface area contributed by atoms with Crippen LogP contribution in [0.15, 0.2) is 18.3 Å². The quantitative estimate of drug-likeness (QED) is 0.880. The average Bonchev–Trinajstić information content (AvgIpc) is 3.12. The van der Waals surface area contributed by atoms with Gasteiger partial charge in [-0.05, 0) is 56.8 Å². The van der Waals surface area contributed by atoms with E-state index >= 15 is 0 Å². The molecular formula is C16H26N4. The first-order chi connectivity index (χ1) is 9.72. The molecule has 3 rings (SSSR count). The van der Waals surface area contributed by atoms with Crippen LogP contribution in [-0.2, 0) is 6.42 Å². The van der Waals surface area contributed by atoms with Crippen molar-refractivity contribution < 1.29 is 0 Å². The van der Waals surface area contributed by atoms with Gasteiger partial charge in [0.2, 0.25) is 0 Å². The van der Waals surface area contributed by atoms with Crippen LogP contribution in [0.5, 0.6) is 0 Å². The standard InChI is InChI=1S/C16H26N4/c17-14(12-13-6-5-9-19-15(13)18)16(7-1-2-8-16)20-10-3-4-11-20/h5-6,9,14H,1-4,7-8,10-12,17H2,(H2,18,19). The van der Waals surface area contributed by atoms with Crippen LogP contribution in [0.1, 0.15) is 44.1 Å². The first kappa shape index (κ1) is 13.8. The fraction of sp³-hybridized carbons (Fsp3) is 0.688. The van der Waals surface area contributed by atoms with E-state index in [1.54, 1.807) is 6.20 Å². The fourth-order valence-corrected chi connectivity index (χ4v) is 4.12. The van der Waals surface area contributed by atoms with Crippen molar-refractivity contribution in [1.82, 2.24) is 9.88 Å². The normalized spacial score (nSPS) is 24.1. The minimum atomic E-state index is 0.162. The van der Waals surface area contributed by atoms with Gasteiger partial charge in [0.1, 0.15) is 5.82 Å². The fourth-order valence-electron chi connectivity index (χ4n) is 4.12. The zero-order chi connectivity index (χ0) is 14.0. The lowest BCUT2D eigenvalue weighted by atomic mass is 9.83. The van der Waals surface area contributed by atoms with Crippen molar-refractivity contribution in [3.8, 4) is 0 Å². The van der Waals surface area contributed by atoms with E-state index < -0.39 is 0 Å². The highest BCUT2D eigenvalue weighted by Gasteiger charge is 2.45. The third-order valence-electron chi connectivity index (χ3n) is 5.26. The van der Waals surface area contributed by atoms with Crippen LogP contribution in [0.4, 0.5) is 5.82 Å². The maximum absolute atomic E-state index is 6.67. The van der Waals surface area contributed by atoms with Crippen LogP contribution in [0, 0.1) is 0 Å². The Morgan fingerprint density at radius 1 is 1.20 bits per heavy atom. The minimum absolute atomic E-state index is 0.162. The molecule has 1 aliphatic heterocycles. The van der Waals surface area contributed by atoms with E-state index in [1.165, 1.54) is 51.6 Å². The number of pyridine rings is 1. The molecule has 0 spiro atoms. The molecule has 1 atom stereocenters.